The second kappa shape index (κ2) is 7.52. The van der Waals surface area contributed by atoms with E-state index in [2.05, 4.69) is 21.2 Å². The van der Waals surface area contributed by atoms with Gasteiger partial charge in [-0.3, -0.25) is 0 Å². The van der Waals surface area contributed by atoms with Gasteiger partial charge in [-0.2, -0.15) is 13.2 Å². The van der Waals surface area contributed by atoms with Crippen molar-refractivity contribution in [2.75, 3.05) is 13.7 Å². The van der Waals surface area contributed by atoms with Crippen LogP contribution >= 0.6 is 27.5 Å². The number of methoxy groups -OCH3 is 1. The smallest absolute Gasteiger partial charge is 0.389 e. The molecule has 0 amide bonds. The molecule has 1 aromatic rings. The van der Waals surface area contributed by atoms with Crippen LogP contribution in [0.3, 0.4) is 0 Å². The van der Waals surface area contributed by atoms with E-state index in [1.54, 1.807) is 12.1 Å². The Labute approximate surface area is 129 Å². The number of hydrogen-bond acceptors (Lipinski definition) is 2. The Morgan fingerprint density at radius 3 is 2.55 bits per heavy atom. The molecule has 7 heteroatoms. The summed E-state index contributed by atoms with van der Waals surface area (Å²) in [4.78, 5) is 0. The van der Waals surface area contributed by atoms with Crippen LogP contribution in [0.4, 0.5) is 13.2 Å². The summed E-state index contributed by atoms with van der Waals surface area (Å²) in [5.74, 6) is 0.502. The molecule has 114 valence electrons. The summed E-state index contributed by atoms with van der Waals surface area (Å²) in [6, 6.07) is 2.82. The van der Waals surface area contributed by atoms with E-state index < -0.39 is 18.6 Å². The van der Waals surface area contributed by atoms with Gasteiger partial charge < -0.3 is 10.1 Å². The van der Waals surface area contributed by atoms with Gasteiger partial charge in [0.2, 0.25) is 0 Å². The lowest BCUT2D eigenvalue weighted by Crippen LogP contribution is -2.23. The zero-order chi connectivity index (χ0) is 15.3. The highest BCUT2D eigenvalue weighted by Crippen LogP contribution is 2.38. The lowest BCUT2D eigenvalue weighted by atomic mass is 10.0. The van der Waals surface area contributed by atoms with Gasteiger partial charge >= 0.3 is 6.18 Å². The van der Waals surface area contributed by atoms with Gasteiger partial charge in [-0.15, -0.1) is 0 Å². The predicted molar refractivity (Wildman–Crippen MR) is 77.4 cm³/mol. The molecule has 1 rings (SSSR count). The van der Waals surface area contributed by atoms with Crippen molar-refractivity contribution in [1.29, 1.82) is 0 Å². The highest BCUT2D eigenvalue weighted by molar-refractivity contribution is 9.10. The zero-order valence-corrected chi connectivity index (χ0v) is 13.5. The van der Waals surface area contributed by atoms with Gasteiger partial charge in [0.05, 0.1) is 11.6 Å². The SMILES string of the molecule is CCNC(CCC(F)(F)F)c1cc(Cl)cc(Br)c1OC. The molecule has 0 spiro atoms. The molecule has 1 N–H and O–H groups in total. The molecule has 0 bridgehead atoms. The maximum atomic E-state index is 12.4. The first kappa shape index (κ1) is 17.6. The van der Waals surface area contributed by atoms with E-state index in [1.807, 2.05) is 6.92 Å². The third-order valence-electron chi connectivity index (χ3n) is 2.78. The molecular weight excluding hydrogens is 358 g/mol. The van der Waals surface area contributed by atoms with Crippen LogP contribution in [0.2, 0.25) is 5.02 Å². The summed E-state index contributed by atoms with van der Waals surface area (Å²) < 4.78 is 43.1. The Balaban J connectivity index is 3.07. The largest absolute Gasteiger partial charge is 0.495 e. The van der Waals surface area contributed by atoms with E-state index in [0.29, 0.717) is 27.4 Å². The molecule has 1 aromatic carbocycles. The molecule has 1 unspecified atom stereocenters. The number of ether oxygens (including phenoxy) is 1. The molecule has 0 saturated carbocycles. The van der Waals surface area contributed by atoms with Crippen LogP contribution in [-0.2, 0) is 0 Å². The molecule has 0 aliphatic heterocycles. The number of alkyl halides is 3. The Morgan fingerprint density at radius 2 is 2.05 bits per heavy atom. The van der Waals surface area contributed by atoms with Gasteiger partial charge in [0, 0.05) is 23.0 Å². The summed E-state index contributed by atoms with van der Waals surface area (Å²) in [5, 5.41) is 3.49. The van der Waals surface area contributed by atoms with Crippen molar-refractivity contribution in [3.8, 4) is 5.75 Å². The van der Waals surface area contributed by atoms with E-state index in [1.165, 1.54) is 7.11 Å². The number of nitrogens with one attached hydrogen (secondary N) is 1. The van der Waals surface area contributed by atoms with Gasteiger partial charge in [-0.1, -0.05) is 18.5 Å². The molecule has 20 heavy (non-hydrogen) atoms. The highest BCUT2D eigenvalue weighted by atomic mass is 79.9. The van der Waals surface area contributed by atoms with Crippen LogP contribution in [0.15, 0.2) is 16.6 Å². The number of benzene rings is 1. The zero-order valence-electron chi connectivity index (χ0n) is 11.2. The normalized spacial score (nSPS) is 13.3. The highest BCUT2D eigenvalue weighted by Gasteiger charge is 2.29. The molecule has 0 fully saturated rings. The Morgan fingerprint density at radius 1 is 1.40 bits per heavy atom. The van der Waals surface area contributed by atoms with Crippen molar-refractivity contribution in [3.05, 3.63) is 27.2 Å². The van der Waals surface area contributed by atoms with E-state index >= 15 is 0 Å². The minimum Gasteiger partial charge on any atom is -0.495 e. The van der Waals surface area contributed by atoms with Crippen LogP contribution in [0.25, 0.3) is 0 Å². The van der Waals surface area contributed by atoms with Gasteiger partial charge in [0.25, 0.3) is 0 Å². The summed E-state index contributed by atoms with van der Waals surface area (Å²) >= 11 is 9.29. The molecule has 0 aliphatic carbocycles. The van der Waals surface area contributed by atoms with E-state index in [4.69, 9.17) is 16.3 Å². The van der Waals surface area contributed by atoms with Gasteiger partial charge in [-0.05, 0) is 41.0 Å². The molecule has 0 aliphatic rings. The predicted octanol–water partition coefficient (Wildman–Crippen LogP) is 5.10. The van der Waals surface area contributed by atoms with Gasteiger partial charge in [0.15, 0.2) is 0 Å². The second-order valence-electron chi connectivity index (χ2n) is 4.27. The molecule has 2 nitrogen and oxygen atoms in total. The Bertz CT molecular complexity index is 454. The topological polar surface area (TPSA) is 21.3 Å². The quantitative estimate of drug-likeness (QED) is 0.747. The van der Waals surface area contributed by atoms with Crippen molar-refractivity contribution >= 4 is 27.5 Å². The molecule has 0 aromatic heterocycles. The lowest BCUT2D eigenvalue weighted by Gasteiger charge is -2.22. The molecule has 0 radical (unpaired) electrons. The molecule has 0 saturated heterocycles. The standard InChI is InChI=1S/C13H16BrClF3NO/c1-3-19-11(4-5-13(16,17)18)9-6-8(15)7-10(14)12(9)20-2/h6-7,11,19H,3-5H2,1-2H3. The maximum absolute atomic E-state index is 12.4. The van der Waals surface area contributed by atoms with E-state index in [0.717, 1.165) is 0 Å². The third-order valence-corrected chi connectivity index (χ3v) is 3.59. The molecule has 0 heterocycles. The first-order valence-electron chi connectivity index (χ1n) is 6.11. The molecule has 1 atom stereocenters. The van der Waals surface area contributed by atoms with Crippen LogP contribution in [0, 0.1) is 0 Å². The third kappa shape index (κ3) is 5.14. The average Bonchev–Trinajstić information content (AvgIpc) is 2.32. The van der Waals surface area contributed by atoms with Gasteiger partial charge in [0.1, 0.15) is 5.75 Å². The van der Waals surface area contributed by atoms with Crippen LogP contribution in [-0.4, -0.2) is 19.8 Å². The first-order chi connectivity index (χ1) is 9.28. The Hall–Kier alpha value is -0.460. The second-order valence-corrected chi connectivity index (χ2v) is 5.56. The van der Waals surface area contributed by atoms with Crippen LogP contribution < -0.4 is 10.1 Å². The Kier molecular flexibility index (Phi) is 6.61. The monoisotopic (exact) mass is 373 g/mol. The number of halogens is 5. The fourth-order valence-electron chi connectivity index (χ4n) is 1.98. The van der Waals surface area contributed by atoms with Crippen molar-refractivity contribution in [3.63, 3.8) is 0 Å². The minimum absolute atomic E-state index is 0.0690. The summed E-state index contributed by atoms with van der Waals surface area (Å²) in [5.41, 5.74) is 0.623. The van der Waals surface area contributed by atoms with E-state index in [9.17, 15) is 13.2 Å². The van der Waals surface area contributed by atoms with Crippen molar-refractivity contribution in [2.45, 2.75) is 32.0 Å². The molecular formula is C13H16BrClF3NO. The summed E-state index contributed by atoms with van der Waals surface area (Å²) in [6.07, 6.45) is -5.12. The summed E-state index contributed by atoms with van der Waals surface area (Å²) in [6.45, 7) is 2.39. The first-order valence-corrected chi connectivity index (χ1v) is 7.28. The van der Waals surface area contributed by atoms with Crippen LogP contribution in [0.1, 0.15) is 31.4 Å². The fraction of sp³-hybridized carbons (Fsp3) is 0.538. The number of rotatable bonds is 6. The van der Waals surface area contributed by atoms with Crippen molar-refractivity contribution in [2.24, 2.45) is 0 Å². The summed E-state index contributed by atoms with van der Waals surface area (Å²) in [7, 11) is 1.48. The van der Waals surface area contributed by atoms with E-state index in [-0.39, 0.29) is 6.42 Å². The lowest BCUT2D eigenvalue weighted by molar-refractivity contribution is -0.136. The van der Waals surface area contributed by atoms with Gasteiger partial charge in [-0.25, -0.2) is 0 Å². The van der Waals surface area contributed by atoms with Crippen LogP contribution in [0.5, 0.6) is 5.75 Å². The number of hydrogen-bond donors (Lipinski definition) is 1. The van der Waals surface area contributed by atoms with Crippen molar-refractivity contribution in [1.82, 2.24) is 5.32 Å². The average molecular weight is 375 g/mol. The fourth-order valence-corrected chi connectivity index (χ4v) is 2.97. The minimum atomic E-state index is -4.18. The maximum Gasteiger partial charge on any atom is 0.389 e. The van der Waals surface area contributed by atoms with Crippen molar-refractivity contribution < 1.29 is 17.9 Å².